The molecular weight excluding hydrogens is 464 g/mol. The van der Waals surface area contributed by atoms with Crippen LogP contribution in [-0.4, -0.2) is 95.9 Å². The van der Waals surface area contributed by atoms with Crippen molar-refractivity contribution in [2.75, 3.05) is 60.0 Å². The van der Waals surface area contributed by atoms with E-state index >= 15 is 0 Å². The van der Waals surface area contributed by atoms with Gasteiger partial charge in [-0.15, -0.1) is 0 Å². The van der Waals surface area contributed by atoms with Gasteiger partial charge in [-0.25, -0.2) is 4.99 Å². The molecule has 37 heavy (non-hydrogen) atoms. The van der Waals surface area contributed by atoms with Crippen molar-refractivity contribution in [3.05, 3.63) is 58.9 Å². The summed E-state index contributed by atoms with van der Waals surface area (Å²) in [5.41, 5.74) is 1.47. The van der Waals surface area contributed by atoms with Crippen LogP contribution in [0.25, 0.3) is 6.20 Å². The van der Waals surface area contributed by atoms with E-state index in [-0.39, 0.29) is 17.7 Å². The van der Waals surface area contributed by atoms with Gasteiger partial charge < -0.3 is 29.7 Å². The van der Waals surface area contributed by atoms with Gasteiger partial charge in [-0.1, -0.05) is 30.3 Å². The highest BCUT2D eigenvalue weighted by atomic mass is 16.3. The Kier molecular flexibility index (Phi) is 7.98. The van der Waals surface area contributed by atoms with Crippen LogP contribution in [0.3, 0.4) is 0 Å². The van der Waals surface area contributed by atoms with Crippen LogP contribution >= 0.6 is 0 Å². The third kappa shape index (κ3) is 6.08. The van der Waals surface area contributed by atoms with E-state index in [1.165, 1.54) is 5.56 Å². The van der Waals surface area contributed by atoms with Crippen molar-refractivity contribution in [3.8, 4) is 0 Å². The number of aliphatic hydroxyl groups is 1. The molecule has 8 nitrogen and oxygen atoms in total. The molecule has 3 aliphatic rings. The molecule has 2 N–H and O–H groups in total. The number of carbonyl (C=O) groups excluding carboxylic acids is 1. The minimum atomic E-state index is -0.804. The first kappa shape index (κ1) is 25.9. The molecular formula is C29H42N6O2. The fourth-order valence-corrected chi connectivity index (χ4v) is 6.11. The molecule has 1 aromatic heterocycles. The van der Waals surface area contributed by atoms with E-state index in [4.69, 9.17) is 4.99 Å². The van der Waals surface area contributed by atoms with Crippen molar-refractivity contribution in [1.29, 1.82) is 0 Å². The number of β-amino-alcohol motifs (C(OH)–C–C–N with tert-alkyl or cyclic N) is 1. The van der Waals surface area contributed by atoms with Crippen LogP contribution in [0.2, 0.25) is 0 Å². The van der Waals surface area contributed by atoms with Gasteiger partial charge in [0.25, 0.3) is 0 Å². The molecule has 0 aliphatic carbocycles. The molecule has 2 saturated heterocycles. The van der Waals surface area contributed by atoms with Crippen molar-refractivity contribution in [2.24, 2.45) is 10.9 Å². The molecule has 0 radical (unpaired) electrons. The maximum Gasteiger partial charge on any atom is 0.226 e. The van der Waals surface area contributed by atoms with E-state index in [2.05, 4.69) is 76.5 Å². The Hall–Kier alpha value is -2.68. The summed E-state index contributed by atoms with van der Waals surface area (Å²) in [5.74, 6) is 0.457. The molecule has 0 saturated carbocycles. The highest BCUT2D eigenvalue weighted by Gasteiger charge is 2.39. The summed E-state index contributed by atoms with van der Waals surface area (Å²) in [7, 11) is 4.20. The van der Waals surface area contributed by atoms with Crippen LogP contribution in [0.15, 0.2) is 47.6 Å². The monoisotopic (exact) mass is 506 g/mol. The minimum absolute atomic E-state index is 0.00394. The summed E-state index contributed by atoms with van der Waals surface area (Å²) in [6.07, 6.45) is 7.41. The normalized spacial score (nSPS) is 23.4. The van der Waals surface area contributed by atoms with Gasteiger partial charge in [0.15, 0.2) is 0 Å². The Morgan fingerprint density at radius 1 is 1.19 bits per heavy atom. The summed E-state index contributed by atoms with van der Waals surface area (Å²) in [5, 5.41) is 16.0. The zero-order valence-corrected chi connectivity index (χ0v) is 22.4. The number of likely N-dealkylation sites (tertiary alicyclic amines) is 1. The van der Waals surface area contributed by atoms with Crippen LogP contribution in [0.5, 0.6) is 0 Å². The second kappa shape index (κ2) is 11.4. The third-order valence-corrected chi connectivity index (χ3v) is 8.22. The lowest BCUT2D eigenvalue weighted by Gasteiger charge is -2.43. The van der Waals surface area contributed by atoms with E-state index < -0.39 is 5.60 Å². The van der Waals surface area contributed by atoms with Crippen LogP contribution in [0.1, 0.15) is 37.2 Å². The first-order chi connectivity index (χ1) is 17.9. The number of piperidine rings is 2. The Bertz CT molecular complexity index is 1170. The Labute approximate surface area is 220 Å². The quantitative estimate of drug-likeness (QED) is 0.555. The molecule has 1 aromatic carbocycles. The number of rotatable bonds is 8. The van der Waals surface area contributed by atoms with Crippen LogP contribution < -0.4 is 16.0 Å². The van der Waals surface area contributed by atoms with E-state index in [0.29, 0.717) is 39.1 Å². The number of fused-ring (bicyclic) bond motifs is 1. The lowest BCUT2D eigenvalue weighted by Crippen LogP contribution is -2.54. The second-order valence-electron chi connectivity index (χ2n) is 11.3. The SMILES string of the molecule is CN(C)CCCn1ccc2c1=NCN(CC1(O)CCN(C(=O)[C@@H]3CCNC[C@H]3c3ccccc3)CC1)C=2. The number of hydrogen-bond acceptors (Lipinski definition) is 6. The molecule has 2 atom stereocenters. The lowest BCUT2D eigenvalue weighted by molar-refractivity contribution is -0.141. The van der Waals surface area contributed by atoms with Crippen LogP contribution in [0.4, 0.5) is 0 Å². The zero-order valence-electron chi connectivity index (χ0n) is 22.4. The molecule has 0 unspecified atom stereocenters. The van der Waals surface area contributed by atoms with Gasteiger partial charge in [0.05, 0.1) is 5.60 Å². The largest absolute Gasteiger partial charge is 0.388 e. The second-order valence-corrected chi connectivity index (χ2v) is 11.3. The average Bonchev–Trinajstić information content (AvgIpc) is 3.31. The van der Waals surface area contributed by atoms with Crippen LogP contribution in [0, 0.1) is 5.92 Å². The smallest absolute Gasteiger partial charge is 0.226 e. The lowest BCUT2D eigenvalue weighted by atomic mass is 9.80. The van der Waals surface area contributed by atoms with Gasteiger partial charge >= 0.3 is 0 Å². The van der Waals surface area contributed by atoms with E-state index in [0.717, 1.165) is 49.7 Å². The zero-order chi connectivity index (χ0) is 25.8. The highest BCUT2D eigenvalue weighted by Crippen LogP contribution is 2.33. The summed E-state index contributed by atoms with van der Waals surface area (Å²) in [4.78, 5) is 24.7. The minimum Gasteiger partial charge on any atom is -0.388 e. The fraction of sp³-hybridized carbons (Fsp3) is 0.586. The summed E-state index contributed by atoms with van der Waals surface area (Å²) >= 11 is 0. The summed E-state index contributed by atoms with van der Waals surface area (Å²) in [6.45, 7) is 6.06. The van der Waals surface area contributed by atoms with E-state index in [9.17, 15) is 9.90 Å². The van der Waals surface area contributed by atoms with Crippen molar-refractivity contribution < 1.29 is 9.90 Å². The third-order valence-electron chi connectivity index (χ3n) is 8.22. The van der Waals surface area contributed by atoms with Crippen molar-refractivity contribution in [2.45, 2.75) is 43.7 Å². The number of nitrogens with zero attached hydrogens (tertiary/aromatic N) is 5. The van der Waals surface area contributed by atoms with E-state index in [1.54, 1.807) is 0 Å². The molecule has 2 fully saturated rings. The number of aryl methyl sites for hydroxylation is 1. The van der Waals surface area contributed by atoms with Crippen molar-refractivity contribution >= 4 is 12.1 Å². The topological polar surface area (TPSA) is 76.3 Å². The first-order valence-corrected chi connectivity index (χ1v) is 13.8. The first-order valence-electron chi connectivity index (χ1n) is 13.8. The highest BCUT2D eigenvalue weighted by molar-refractivity contribution is 5.80. The fourth-order valence-electron chi connectivity index (χ4n) is 6.11. The molecule has 200 valence electrons. The predicted molar refractivity (Wildman–Crippen MR) is 145 cm³/mol. The van der Waals surface area contributed by atoms with E-state index in [1.807, 2.05) is 11.0 Å². The number of benzene rings is 1. The maximum atomic E-state index is 13.6. The summed E-state index contributed by atoms with van der Waals surface area (Å²) in [6, 6.07) is 12.5. The molecule has 0 spiro atoms. The van der Waals surface area contributed by atoms with Gasteiger partial charge in [-0.3, -0.25) is 4.79 Å². The van der Waals surface area contributed by atoms with Gasteiger partial charge in [0.2, 0.25) is 5.91 Å². The van der Waals surface area contributed by atoms with Gasteiger partial charge in [0, 0.05) is 62.2 Å². The number of aromatic nitrogens is 1. The molecule has 3 aliphatic heterocycles. The van der Waals surface area contributed by atoms with Crippen molar-refractivity contribution in [1.82, 2.24) is 24.6 Å². The van der Waals surface area contributed by atoms with Gasteiger partial charge in [0.1, 0.15) is 12.2 Å². The summed E-state index contributed by atoms with van der Waals surface area (Å²) < 4.78 is 2.23. The Morgan fingerprint density at radius 2 is 1.97 bits per heavy atom. The average molecular weight is 507 g/mol. The Morgan fingerprint density at radius 3 is 2.73 bits per heavy atom. The predicted octanol–water partition coefficient (Wildman–Crippen LogP) is 0.817. The number of nitrogens with one attached hydrogen (secondary N) is 1. The molecule has 0 bridgehead atoms. The molecule has 1 amide bonds. The Balaban J connectivity index is 1.17. The van der Waals surface area contributed by atoms with Gasteiger partial charge in [-0.2, -0.15) is 0 Å². The molecule has 4 heterocycles. The number of carbonyl (C=O) groups is 1. The van der Waals surface area contributed by atoms with Crippen molar-refractivity contribution in [3.63, 3.8) is 0 Å². The standard InChI is InChI=1S/C29H42N6O2/c1-32(2)14-6-15-34-16-10-24-20-33(22-31-27(24)34)21-29(37)11-17-35(18-12-29)28(36)25-9-13-30-19-26(25)23-7-4-3-5-8-23/h3-5,7-8,10,16,20,25-26,30,37H,6,9,11-15,17-19,21-22H2,1-2H3/t25-,26+/m1/s1. The maximum absolute atomic E-state index is 13.6. The van der Waals surface area contributed by atoms with Crippen LogP contribution in [-0.2, 0) is 11.3 Å². The number of amides is 1. The molecule has 5 rings (SSSR count). The van der Waals surface area contributed by atoms with Gasteiger partial charge in [-0.05, 0) is 64.5 Å². The number of hydrogen-bond donors (Lipinski definition) is 2. The molecule has 8 heteroatoms. The molecule has 2 aromatic rings.